The fourth-order valence-electron chi connectivity index (χ4n) is 4.46. The Morgan fingerprint density at radius 3 is 2.67 bits per heavy atom. The first-order valence-corrected chi connectivity index (χ1v) is 12.7. The summed E-state index contributed by atoms with van der Waals surface area (Å²) in [5, 5.41) is 3.63. The van der Waals surface area contributed by atoms with Crippen LogP contribution in [0.1, 0.15) is 41.8 Å². The van der Waals surface area contributed by atoms with E-state index in [1.807, 2.05) is 55.5 Å². The Bertz CT molecular complexity index is 1420. The average Bonchev–Trinajstić information content (AvgIpc) is 3.19. The van der Waals surface area contributed by atoms with E-state index in [4.69, 9.17) is 4.98 Å². The van der Waals surface area contributed by atoms with Crippen molar-refractivity contribution in [1.82, 2.24) is 9.55 Å². The molecule has 0 saturated heterocycles. The zero-order chi connectivity index (χ0) is 23.1. The van der Waals surface area contributed by atoms with Crippen molar-refractivity contribution in [2.45, 2.75) is 45.6 Å². The van der Waals surface area contributed by atoms with Gasteiger partial charge in [0.2, 0.25) is 5.91 Å². The molecule has 1 aliphatic carbocycles. The number of nitrogens with one attached hydrogen (secondary N) is 1. The fourth-order valence-corrected chi connectivity index (χ4v) is 5.98. The maximum atomic E-state index is 13.9. The van der Waals surface area contributed by atoms with E-state index in [0.717, 1.165) is 51.7 Å². The molecule has 2 aromatic heterocycles. The Labute approximate surface area is 204 Å². The summed E-state index contributed by atoms with van der Waals surface area (Å²) in [6.45, 7) is 3.78. The normalized spacial score (nSPS) is 14.2. The molecular weight excluding hydrogens is 498 g/mol. The van der Waals surface area contributed by atoms with Gasteiger partial charge in [-0.05, 0) is 75.4 Å². The maximum Gasteiger partial charge on any atom is 0.263 e. The van der Waals surface area contributed by atoms with E-state index in [0.29, 0.717) is 16.9 Å². The molecule has 0 aliphatic heterocycles. The molecule has 2 aromatic carbocycles. The number of aryl methyl sites for hydroxylation is 3. The SMILES string of the molecule is Cc1cccc(-c2nc3sc4c(c3c(=O)n2C(C)C(=O)Nc2ccc(Br)cc2)CCCC4)c1. The number of amides is 1. The van der Waals surface area contributed by atoms with Crippen LogP contribution in [0, 0.1) is 6.92 Å². The molecule has 1 aliphatic rings. The molecule has 168 valence electrons. The van der Waals surface area contributed by atoms with E-state index in [9.17, 15) is 9.59 Å². The zero-order valence-corrected chi connectivity index (χ0v) is 20.9. The predicted octanol–water partition coefficient (Wildman–Crippen LogP) is 6.27. The van der Waals surface area contributed by atoms with Gasteiger partial charge in [-0.25, -0.2) is 4.98 Å². The van der Waals surface area contributed by atoms with Crippen molar-refractivity contribution in [3.05, 3.63) is 79.4 Å². The molecule has 0 bridgehead atoms. The largest absolute Gasteiger partial charge is 0.324 e. The molecule has 4 aromatic rings. The summed E-state index contributed by atoms with van der Waals surface area (Å²) in [5.41, 5.74) is 3.59. The van der Waals surface area contributed by atoms with Crippen LogP contribution in [0.25, 0.3) is 21.6 Å². The van der Waals surface area contributed by atoms with Crippen molar-refractivity contribution in [3.63, 3.8) is 0 Å². The minimum atomic E-state index is -0.729. The standard InChI is InChI=1S/C26H24BrN3O2S/c1-15-6-5-7-17(14-15)23-29-25-22(20-8-3-4-9-21(20)33-25)26(32)30(23)16(2)24(31)28-19-12-10-18(27)11-13-19/h5-7,10-14,16H,3-4,8-9H2,1-2H3,(H,28,31). The number of benzene rings is 2. The number of aromatic nitrogens is 2. The van der Waals surface area contributed by atoms with E-state index in [1.54, 1.807) is 22.8 Å². The van der Waals surface area contributed by atoms with Crippen LogP contribution in [-0.4, -0.2) is 15.5 Å². The van der Waals surface area contributed by atoms with Crippen LogP contribution in [0.5, 0.6) is 0 Å². The van der Waals surface area contributed by atoms with Crippen LogP contribution in [0.4, 0.5) is 5.69 Å². The molecule has 1 N–H and O–H groups in total. The van der Waals surface area contributed by atoms with Gasteiger partial charge < -0.3 is 5.32 Å². The summed E-state index contributed by atoms with van der Waals surface area (Å²) in [6.07, 6.45) is 4.12. The second-order valence-electron chi connectivity index (χ2n) is 8.54. The highest BCUT2D eigenvalue weighted by atomic mass is 79.9. The first kappa shape index (κ1) is 22.0. The Hall–Kier alpha value is -2.77. The third-order valence-electron chi connectivity index (χ3n) is 6.18. The number of hydrogen-bond donors (Lipinski definition) is 1. The maximum absolute atomic E-state index is 13.9. The molecule has 0 saturated carbocycles. The van der Waals surface area contributed by atoms with Crippen LogP contribution in [0.2, 0.25) is 0 Å². The summed E-state index contributed by atoms with van der Waals surface area (Å²) in [6, 6.07) is 14.6. The third kappa shape index (κ3) is 4.15. The lowest BCUT2D eigenvalue weighted by Gasteiger charge is -2.20. The van der Waals surface area contributed by atoms with Gasteiger partial charge in [-0.3, -0.25) is 14.2 Å². The molecule has 1 amide bonds. The van der Waals surface area contributed by atoms with E-state index >= 15 is 0 Å². The van der Waals surface area contributed by atoms with Crippen LogP contribution in [0.15, 0.2) is 57.8 Å². The Morgan fingerprint density at radius 1 is 1.15 bits per heavy atom. The fraction of sp³-hybridized carbons (Fsp3) is 0.269. The van der Waals surface area contributed by atoms with E-state index in [2.05, 4.69) is 21.2 Å². The molecular formula is C26H24BrN3O2S. The summed E-state index contributed by atoms with van der Waals surface area (Å²) >= 11 is 5.04. The third-order valence-corrected chi connectivity index (χ3v) is 7.89. The minimum Gasteiger partial charge on any atom is -0.324 e. The number of rotatable bonds is 4. The van der Waals surface area contributed by atoms with Crippen molar-refractivity contribution in [3.8, 4) is 11.4 Å². The lowest BCUT2D eigenvalue weighted by Crippen LogP contribution is -2.33. The minimum absolute atomic E-state index is 0.130. The van der Waals surface area contributed by atoms with Crippen LogP contribution in [-0.2, 0) is 17.6 Å². The van der Waals surface area contributed by atoms with E-state index in [1.165, 1.54) is 4.88 Å². The summed E-state index contributed by atoms with van der Waals surface area (Å²) in [5.74, 6) is 0.284. The number of carbonyl (C=O) groups is 1. The van der Waals surface area contributed by atoms with Gasteiger partial charge in [-0.2, -0.15) is 0 Å². The first-order valence-electron chi connectivity index (χ1n) is 11.1. The highest BCUT2D eigenvalue weighted by Gasteiger charge is 2.27. The Morgan fingerprint density at radius 2 is 1.91 bits per heavy atom. The average molecular weight is 522 g/mol. The lowest BCUT2D eigenvalue weighted by molar-refractivity contribution is -0.118. The number of nitrogens with zero attached hydrogens (tertiary/aromatic N) is 2. The molecule has 0 fully saturated rings. The van der Waals surface area contributed by atoms with Gasteiger partial charge in [0, 0.05) is 20.6 Å². The van der Waals surface area contributed by atoms with Crippen molar-refractivity contribution < 1.29 is 4.79 Å². The molecule has 1 unspecified atom stereocenters. The predicted molar refractivity (Wildman–Crippen MR) is 138 cm³/mol. The molecule has 2 heterocycles. The summed E-state index contributed by atoms with van der Waals surface area (Å²) < 4.78 is 2.51. The van der Waals surface area contributed by atoms with E-state index < -0.39 is 6.04 Å². The molecule has 33 heavy (non-hydrogen) atoms. The van der Waals surface area contributed by atoms with E-state index in [-0.39, 0.29) is 11.5 Å². The van der Waals surface area contributed by atoms with Crippen LogP contribution < -0.4 is 10.9 Å². The van der Waals surface area contributed by atoms with Gasteiger partial charge in [0.25, 0.3) is 5.56 Å². The molecule has 0 spiro atoms. The molecule has 7 heteroatoms. The molecule has 0 radical (unpaired) electrons. The smallest absolute Gasteiger partial charge is 0.263 e. The van der Waals surface area contributed by atoms with Gasteiger partial charge >= 0.3 is 0 Å². The molecule has 5 rings (SSSR count). The van der Waals surface area contributed by atoms with Crippen molar-refractivity contribution >= 4 is 49.1 Å². The number of hydrogen-bond acceptors (Lipinski definition) is 4. The number of thiophene rings is 1. The van der Waals surface area contributed by atoms with Crippen LogP contribution in [0.3, 0.4) is 0 Å². The zero-order valence-electron chi connectivity index (χ0n) is 18.5. The van der Waals surface area contributed by atoms with Gasteiger partial charge in [0.05, 0.1) is 5.39 Å². The van der Waals surface area contributed by atoms with Gasteiger partial charge in [0.1, 0.15) is 16.7 Å². The Kier molecular flexibility index (Phi) is 5.93. The van der Waals surface area contributed by atoms with Crippen LogP contribution >= 0.6 is 27.3 Å². The van der Waals surface area contributed by atoms with Crippen molar-refractivity contribution in [1.29, 1.82) is 0 Å². The number of halogens is 1. The van der Waals surface area contributed by atoms with Gasteiger partial charge in [-0.1, -0.05) is 39.7 Å². The van der Waals surface area contributed by atoms with Crippen molar-refractivity contribution in [2.75, 3.05) is 5.32 Å². The highest BCUT2D eigenvalue weighted by Crippen LogP contribution is 2.35. The lowest BCUT2D eigenvalue weighted by atomic mass is 9.97. The topological polar surface area (TPSA) is 64.0 Å². The second kappa shape index (κ2) is 8.88. The molecule has 5 nitrogen and oxygen atoms in total. The van der Waals surface area contributed by atoms with Gasteiger partial charge in [-0.15, -0.1) is 11.3 Å². The monoisotopic (exact) mass is 521 g/mol. The number of fused-ring (bicyclic) bond motifs is 3. The Balaban J connectivity index is 1.67. The summed E-state index contributed by atoms with van der Waals surface area (Å²) in [4.78, 5) is 34.2. The van der Waals surface area contributed by atoms with Gasteiger partial charge in [0.15, 0.2) is 0 Å². The number of carbonyl (C=O) groups excluding carboxylic acids is 1. The highest BCUT2D eigenvalue weighted by molar-refractivity contribution is 9.10. The van der Waals surface area contributed by atoms with Crippen molar-refractivity contribution in [2.24, 2.45) is 0 Å². The molecule has 1 atom stereocenters. The number of anilines is 1. The first-order chi connectivity index (χ1) is 15.9. The second-order valence-corrected chi connectivity index (χ2v) is 10.5. The quantitative estimate of drug-likeness (QED) is 0.344. The summed E-state index contributed by atoms with van der Waals surface area (Å²) in [7, 11) is 0.